The predicted octanol–water partition coefficient (Wildman–Crippen LogP) is 3.50. The van der Waals surface area contributed by atoms with Gasteiger partial charge in [0.05, 0.1) is 6.42 Å². The molecule has 0 saturated heterocycles. The second-order valence-corrected chi connectivity index (χ2v) is 7.34. The molecule has 1 fully saturated rings. The molecule has 0 aromatic heterocycles. The van der Waals surface area contributed by atoms with Crippen LogP contribution in [0.15, 0.2) is 18.2 Å². The number of ether oxygens (including phenoxy) is 1. The van der Waals surface area contributed by atoms with E-state index >= 15 is 0 Å². The van der Waals surface area contributed by atoms with Crippen molar-refractivity contribution in [1.82, 2.24) is 5.32 Å². The molecule has 26 heavy (non-hydrogen) atoms. The topological polar surface area (TPSA) is 72.5 Å². The van der Waals surface area contributed by atoms with Gasteiger partial charge in [0.1, 0.15) is 0 Å². The van der Waals surface area contributed by atoms with Gasteiger partial charge in [0, 0.05) is 18.0 Å². The molecule has 1 N–H and O–H groups in total. The molecular weight excluding hydrogens is 330 g/mol. The van der Waals surface area contributed by atoms with Crippen molar-refractivity contribution in [3.8, 4) is 0 Å². The molecule has 0 bridgehead atoms. The summed E-state index contributed by atoms with van der Waals surface area (Å²) in [5.74, 6) is -0.407. The third-order valence-electron chi connectivity index (χ3n) is 5.07. The fraction of sp³-hybridized carbons (Fsp3) is 0.571. The van der Waals surface area contributed by atoms with Gasteiger partial charge in [0.25, 0.3) is 5.91 Å². The maximum atomic E-state index is 12.3. The predicted molar refractivity (Wildman–Crippen MR) is 100 cm³/mol. The molecule has 0 radical (unpaired) electrons. The summed E-state index contributed by atoms with van der Waals surface area (Å²) in [7, 11) is 0. The minimum atomic E-state index is -0.518. The number of ketones is 1. The van der Waals surface area contributed by atoms with E-state index in [-0.39, 0.29) is 37.2 Å². The molecule has 5 heteroatoms. The highest BCUT2D eigenvalue weighted by atomic mass is 16.5. The zero-order chi connectivity index (χ0) is 19.1. The molecule has 1 amide bonds. The van der Waals surface area contributed by atoms with Gasteiger partial charge < -0.3 is 10.1 Å². The quantitative estimate of drug-likeness (QED) is 0.597. The summed E-state index contributed by atoms with van der Waals surface area (Å²) in [6.45, 7) is 5.66. The summed E-state index contributed by atoms with van der Waals surface area (Å²) in [6.07, 6.45) is 4.49. The van der Waals surface area contributed by atoms with Gasteiger partial charge in [0.2, 0.25) is 0 Å². The molecule has 5 nitrogen and oxygen atoms in total. The summed E-state index contributed by atoms with van der Waals surface area (Å²) in [5, 5.41) is 2.95. The molecule has 1 aliphatic rings. The number of carbonyl (C=O) groups excluding carboxylic acids is 3. The van der Waals surface area contributed by atoms with E-state index < -0.39 is 5.97 Å². The number of hydrogen-bond acceptors (Lipinski definition) is 4. The van der Waals surface area contributed by atoms with E-state index in [4.69, 9.17) is 4.74 Å². The Labute approximate surface area is 155 Å². The lowest BCUT2D eigenvalue weighted by molar-refractivity contribution is -0.148. The van der Waals surface area contributed by atoms with E-state index in [1.807, 2.05) is 32.0 Å². The third kappa shape index (κ3) is 5.97. The molecule has 0 unspecified atom stereocenters. The van der Waals surface area contributed by atoms with E-state index in [1.165, 1.54) is 6.42 Å². The molecule has 142 valence electrons. The number of rotatable bonds is 7. The number of esters is 1. The Morgan fingerprint density at radius 1 is 1.12 bits per heavy atom. The summed E-state index contributed by atoms with van der Waals surface area (Å²) >= 11 is 0. The van der Waals surface area contributed by atoms with E-state index in [2.05, 4.69) is 12.2 Å². The van der Waals surface area contributed by atoms with Crippen LogP contribution in [0.25, 0.3) is 0 Å². The SMILES string of the molecule is Cc1ccc(C)c(C(=O)CCC(=O)OCC(=O)N[C@@H]2CCCC[C@H]2C)c1. The van der Waals surface area contributed by atoms with Crippen LogP contribution in [0.3, 0.4) is 0 Å². The highest BCUT2D eigenvalue weighted by Crippen LogP contribution is 2.23. The normalized spacial score (nSPS) is 19.7. The maximum absolute atomic E-state index is 12.3. The summed E-state index contributed by atoms with van der Waals surface area (Å²) in [5.41, 5.74) is 2.55. The molecule has 0 aliphatic heterocycles. The van der Waals surface area contributed by atoms with Crippen LogP contribution < -0.4 is 5.32 Å². The van der Waals surface area contributed by atoms with Crippen molar-refractivity contribution in [2.24, 2.45) is 5.92 Å². The lowest BCUT2D eigenvalue weighted by Crippen LogP contribution is -2.42. The standard InChI is InChI=1S/C21H29NO4/c1-14-8-9-15(2)17(12-14)19(23)10-11-21(25)26-13-20(24)22-18-7-5-4-6-16(18)3/h8-9,12,16,18H,4-7,10-11,13H2,1-3H3,(H,22,24)/t16-,18-/m1/s1. The van der Waals surface area contributed by atoms with Crippen molar-refractivity contribution < 1.29 is 19.1 Å². The number of carbonyl (C=O) groups is 3. The van der Waals surface area contributed by atoms with Gasteiger partial charge in [-0.25, -0.2) is 0 Å². The molecule has 0 spiro atoms. The van der Waals surface area contributed by atoms with Crippen molar-refractivity contribution >= 4 is 17.7 Å². The second kappa shape index (κ2) is 9.51. The lowest BCUT2D eigenvalue weighted by Gasteiger charge is -2.29. The van der Waals surface area contributed by atoms with Crippen LogP contribution in [0.4, 0.5) is 0 Å². The van der Waals surface area contributed by atoms with Gasteiger partial charge in [-0.15, -0.1) is 0 Å². The fourth-order valence-electron chi connectivity index (χ4n) is 3.38. The number of Topliss-reactive ketones (excluding diaryl/α,β-unsaturated/α-hetero) is 1. The van der Waals surface area contributed by atoms with Gasteiger partial charge in [-0.05, 0) is 44.2 Å². The fourth-order valence-corrected chi connectivity index (χ4v) is 3.38. The number of amides is 1. The third-order valence-corrected chi connectivity index (χ3v) is 5.07. The minimum absolute atomic E-state index is 0.0146. The van der Waals surface area contributed by atoms with Gasteiger partial charge in [-0.3, -0.25) is 14.4 Å². The van der Waals surface area contributed by atoms with Crippen molar-refractivity contribution in [2.45, 2.75) is 65.3 Å². The summed E-state index contributed by atoms with van der Waals surface area (Å²) in [6, 6.07) is 5.85. The average Bonchev–Trinajstić information content (AvgIpc) is 2.62. The highest BCUT2D eigenvalue weighted by molar-refractivity contribution is 5.99. The highest BCUT2D eigenvalue weighted by Gasteiger charge is 2.23. The smallest absolute Gasteiger partial charge is 0.306 e. The van der Waals surface area contributed by atoms with Crippen molar-refractivity contribution in [1.29, 1.82) is 0 Å². The second-order valence-electron chi connectivity index (χ2n) is 7.34. The van der Waals surface area contributed by atoms with Crippen LogP contribution in [0.5, 0.6) is 0 Å². The van der Waals surface area contributed by atoms with Gasteiger partial charge in [0.15, 0.2) is 12.4 Å². The molecule has 0 heterocycles. The van der Waals surface area contributed by atoms with Crippen molar-refractivity contribution in [2.75, 3.05) is 6.61 Å². The lowest BCUT2D eigenvalue weighted by atomic mass is 9.86. The Morgan fingerprint density at radius 2 is 1.85 bits per heavy atom. The van der Waals surface area contributed by atoms with Gasteiger partial charge in [-0.1, -0.05) is 37.5 Å². The van der Waals surface area contributed by atoms with E-state index in [1.54, 1.807) is 0 Å². The molecule has 2 atom stereocenters. The molecule has 1 aliphatic carbocycles. The number of aryl methyl sites for hydroxylation is 2. The number of hydrogen-bond donors (Lipinski definition) is 1. The Balaban J connectivity index is 1.72. The molecule has 1 saturated carbocycles. The van der Waals surface area contributed by atoms with Crippen LogP contribution in [-0.4, -0.2) is 30.3 Å². The maximum Gasteiger partial charge on any atom is 0.306 e. The minimum Gasteiger partial charge on any atom is -0.456 e. The van der Waals surface area contributed by atoms with Crippen molar-refractivity contribution in [3.63, 3.8) is 0 Å². The van der Waals surface area contributed by atoms with Gasteiger partial charge >= 0.3 is 5.97 Å². The Morgan fingerprint density at radius 3 is 2.58 bits per heavy atom. The summed E-state index contributed by atoms with van der Waals surface area (Å²) < 4.78 is 5.02. The summed E-state index contributed by atoms with van der Waals surface area (Å²) in [4.78, 5) is 36.1. The van der Waals surface area contributed by atoms with Crippen LogP contribution in [0.2, 0.25) is 0 Å². The molecule has 2 rings (SSSR count). The first-order chi connectivity index (χ1) is 12.4. The van der Waals surface area contributed by atoms with Crippen LogP contribution in [0.1, 0.15) is 66.9 Å². The molecule has 1 aromatic rings. The first-order valence-electron chi connectivity index (χ1n) is 9.42. The molecular formula is C21H29NO4. The Hall–Kier alpha value is -2.17. The van der Waals surface area contributed by atoms with E-state index in [0.717, 1.165) is 30.4 Å². The van der Waals surface area contributed by atoms with Crippen molar-refractivity contribution in [3.05, 3.63) is 34.9 Å². The zero-order valence-corrected chi connectivity index (χ0v) is 16.0. The number of benzene rings is 1. The van der Waals surface area contributed by atoms with E-state index in [0.29, 0.717) is 11.5 Å². The van der Waals surface area contributed by atoms with Crippen LogP contribution in [0, 0.1) is 19.8 Å². The van der Waals surface area contributed by atoms with E-state index in [9.17, 15) is 14.4 Å². The first-order valence-corrected chi connectivity index (χ1v) is 9.42. The van der Waals surface area contributed by atoms with Crippen LogP contribution in [-0.2, 0) is 14.3 Å². The monoisotopic (exact) mass is 359 g/mol. The Bertz CT molecular complexity index is 668. The first kappa shape index (κ1) is 20.1. The average molecular weight is 359 g/mol. The Kier molecular flexibility index (Phi) is 7.37. The largest absolute Gasteiger partial charge is 0.456 e. The number of nitrogens with one attached hydrogen (secondary N) is 1. The zero-order valence-electron chi connectivity index (χ0n) is 16.0. The van der Waals surface area contributed by atoms with Crippen LogP contribution >= 0.6 is 0 Å². The van der Waals surface area contributed by atoms with Gasteiger partial charge in [-0.2, -0.15) is 0 Å². The molecule has 1 aromatic carbocycles.